The minimum Gasteiger partial charge on any atom is -0.459 e. The number of unbranched alkanes of at least 4 members (excludes halogenated alkanes) is 1. The van der Waals surface area contributed by atoms with Gasteiger partial charge in [-0.2, -0.15) is 4.98 Å². The Morgan fingerprint density at radius 2 is 2.15 bits per heavy atom. The first-order valence-electron chi connectivity index (χ1n) is 6.29. The van der Waals surface area contributed by atoms with Crippen LogP contribution in [-0.4, -0.2) is 23.3 Å². The van der Waals surface area contributed by atoms with Crippen LogP contribution in [0.15, 0.2) is 33.5 Å². The van der Waals surface area contributed by atoms with Crippen molar-refractivity contribution in [2.24, 2.45) is 0 Å². The number of hydrogen-bond acceptors (Lipinski definition) is 5. The van der Waals surface area contributed by atoms with E-state index in [2.05, 4.69) is 15.6 Å². The van der Waals surface area contributed by atoms with E-state index in [1.54, 1.807) is 6.07 Å². The Hall–Kier alpha value is -2.57. The van der Waals surface area contributed by atoms with Gasteiger partial charge < -0.3 is 14.2 Å². The molecule has 2 heterocycles. The number of aromatic nitrogens is 1. The third-order valence-electron chi connectivity index (χ3n) is 2.52. The lowest BCUT2D eigenvalue weighted by Gasteiger charge is -1.99. The summed E-state index contributed by atoms with van der Waals surface area (Å²) in [6.45, 7) is 2.61. The molecule has 0 atom stereocenters. The number of hydrogen-bond donors (Lipinski definition) is 2. The molecule has 0 spiro atoms. The van der Waals surface area contributed by atoms with Crippen molar-refractivity contribution >= 4 is 17.8 Å². The van der Waals surface area contributed by atoms with Crippen LogP contribution in [0, 0.1) is 0 Å². The zero-order chi connectivity index (χ0) is 14.4. The van der Waals surface area contributed by atoms with Crippen molar-refractivity contribution in [3.8, 4) is 0 Å². The molecule has 2 rings (SSSR count). The molecule has 0 saturated heterocycles. The molecule has 0 radical (unpaired) electrons. The van der Waals surface area contributed by atoms with Gasteiger partial charge >= 0.3 is 6.01 Å². The van der Waals surface area contributed by atoms with Crippen molar-refractivity contribution in [3.63, 3.8) is 0 Å². The van der Waals surface area contributed by atoms with Crippen molar-refractivity contribution < 1.29 is 18.4 Å². The van der Waals surface area contributed by atoms with Crippen molar-refractivity contribution in [2.75, 3.05) is 11.9 Å². The maximum absolute atomic E-state index is 11.7. The summed E-state index contributed by atoms with van der Waals surface area (Å²) in [6.07, 6.45) is 4.46. The number of amides is 2. The first-order valence-corrected chi connectivity index (χ1v) is 6.29. The summed E-state index contributed by atoms with van der Waals surface area (Å²) in [5.74, 6) is -0.687. The molecule has 0 bridgehead atoms. The molecular weight excluding hydrogens is 262 g/mol. The molecule has 0 saturated carbocycles. The molecule has 7 heteroatoms. The summed E-state index contributed by atoms with van der Waals surface area (Å²) in [5, 5.41) is 5.10. The van der Waals surface area contributed by atoms with Crippen LogP contribution in [-0.2, 0) is 0 Å². The zero-order valence-electron chi connectivity index (χ0n) is 11.0. The van der Waals surface area contributed by atoms with Crippen LogP contribution in [0.25, 0.3) is 0 Å². The molecule has 2 aromatic rings. The molecule has 7 nitrogen and oxygen atoms in total. The van der Waals surface area contributed by atoms with Crippen molar-refractivity contribution in [1.29, 1.82) is 0 Å². The predicted molar refractivity (Wildman–Crippen MR) is 70.4 cm³/mol. The maximum Gasteiger partial charge on any atom is 0.302 e. The topological polar surface area (TPSA) is 97.4 Å². The minimum absolute atomic E-state index is 0.0490. The van der Waals surface area contributed by atoms with Crippen LogP contribution >= 0.6 is 0 Å². The second-order valence-electron chi connectivity index (χ2n) is 4.08. The van der Waals surface area contributed by atoms with Gasteiger partial charge in [0, 0.05) is 6.54 Å². The molecule has 0 aliphatic carbocycles. The molecule has 0 unspecified atom stereocenters. The third kappa shape index (κ3) is 3.47. The maximum atomic E-state index is 11.7. The number of furan rings is 1. The number of anilines is 1. The summed E-state index contributed by atoms with van der Waals surface area (Å²) in [5.41, 5.74) is 0.121. The quantitative estimate of drug-likeness (QED) is 0.787. The fourth-order valence-corrected chi connectivity index (χ4v) is 1.47. The molecule has 2 amide bonds. The summed E-state index contributed by atoms with van der Waals surface area (Å²) in [4.78, 5) is 27.2. The summed E-state index contributed by atoms with van der Waals surface area (Å²) in [6, 6.07) is 3.06. The van der Waals surface area contributed by atoms with E-state index in [9.17, 15) is 9.59 Å². The van der Waals surface area contributed by atoms with Crippen molar-refractivity contribution in [1.82, 2.24) is 10.3 Å². The van der Waals surface area contributed by atoms with Crippen LogP contribution in [0.5, 0.6) is 0 Å². The smallest absolute Gasteiger partial charge is 0.302 e. The van der Waals surface area contributed by atoms with Gasteiger partial charge in [-0.3, -0.25) is 14.9 Å². The first kappa shape index (κ1) is 13.9. The highest BCUT2D eigenvalue weighted by Gasteiger charge is 2.15. The van der Waals surface area contributed by atoms with Gasteiger partial charge in [-0.15, -0.1) is 0 Å². The standard InChI is InChI=1S/C13H15N3O4/c1-2-3-6-14-11(17)9-8-20-13(15-9)16-12(18)10-5-4-7-19-10/h4-5,7-8H,2-3,6H2,1H3,(H,14,17)(H,15,16,18). The fourth-order valence-electron chi connectivity index (χ4n) is 1.47. The van der Waals surface area contributed by atoms with Crippen LogP contribution in [0.1, 0.15) is 40.8 Å². The first-order chi connectivity index (χ1) is 9.70. The van der Waals surface area contributed by atoms with E-state index in [0.29, 0.717) is 6.54 Å². The second kappa shape index (κ2) is 6.55. The zero-order valence-corrected chi connectivity index (χ0v) is 11.0. The molecule has 20 heavy (non-hydrogen) atoms. The van der Waals surface area contributed by atoms with E-state index in [-0.39, 0.29) is 23.4 Å². The Morgan fingerprint density at radius 1 is 1.30 bits per heavy atom. The highest BCUT2D eigenvalue weighted by atomic mass is 16.4. The van der Waals surface area contributed by atoms with E-state index in [0.717, 1.165) is 12.8 Å². The molecule has 0 aromatic carbocycles. The van der Waals surface area contributed by atoms with E-state index < -0.39 is 5.91 Å². The van der Waals surface area contributed by atoms with Gasteiger partial charge in [-0.05, 0) is 18.6 Å². The van der Waals surface area contributed by atoms with Crippen LogP contribution in [0.3, 0.4) is 0 Å². The molecular formula is C13H15N3O4. The SMILES string of the molecule is CCCCNC(=O)c1coc(NC(=O)c2ccco2)n1. The summed E-state index contributed by atoms with van der Waals surface area (Å²) in [7, 11) is 0. The van der Waals surface area contributed by atoms with E-state index in [1.165, 1.54) is 18.6 Å². The Kier molecular flexibility index (Phi) is 4.54. The van der Waals surface area contributed by atoms with Gasteiger partial charge in [-0.25, -0.2) is 0 Å². The highest BCUT2D eigenvalue weighted by Crippen LogP contribution is 2.10. The number of carbonyl (C=O) groups is 2. The number of carbonyl (C=O) groups excluding carboxylic acids is 2. The van der Waals surface area contributed by atoms with Crippen LogP contribution < -0.4 is 10.6 Å². The average Bonchev–Trinajstić information content (AvgIpc) is 3.10. The summed E-state index contributed by atoms with van der Waals surface area (Å²) < 4.78 is 9.94. The Labute approximate surface area is 115 Å². The minimum atomic E-state index is -0.491. The van der Waals surface area contributed by atoms with Gasteiger partial charge in [0.2, 0.25) is 0 Å². The van der Waals surface area contributed by atoms with Gasteiger partial charge in [-0.1, -0.05) is 13.3 Å². The lowest BCUT2D eigenvalue weighted by atomic mass is 10.3. The molecule has 2 aromatic heterocycles. The van der Waals surface area contributed by atoms with E-state index in [4.69, 9.17) is 8.83 Å². The normalized spacial score (nSPS) is 10.2. The average molecular weight is 277 g/mol. The Bertz CT molecular complexity index is 574. The number of nitrogens with one attached hydrogen (secondary N) is 2. The van der Waals surface area contributed by atoms with Gasteiger partial charge in [0.25, 0.3) is 11.8 Å². The van der Waals surface area contributed by atoms with Gasteiger partial charge in [0.05, 0.1) is 6.26 Å². The Balaban J connectivity index is 1.92. The van der Waals surface area contributed by atoms with E-state index >= 15 is 0 Å². The largest absolute Gasteiger partial charge is 0.459 e. The molecule has 0 fully saturated rings. The van der Waals surface area contributed by atoms with Gasteiger partial charge in [0.1, 0.15) is 6.26 Å². The molecule has 2 N–H and O–H groups in total. The molecule has 106 valence electrons. The van der Waals surface area contributed by atoms with Crippen molar-refractivity contribution in [3.05, 3.63) is 36.1 Å². The van der Waals surface area contributed by atoms with E-state index in [1.807, 2.05) is 6.92 Å². The second-order valence-corrected chi connectivity index (χ2v) is 4.08. The molecule has 0 aliphatic rings. The fraction of sp³-hybridized carbons (Fsp3) is 0.308. The van der Waals surface area contributed by atoms with Crippen LogP contribution in [0.4, 0.5) is 6.01 Å². The highest BCUT2D eigenvalue weighted by molar-refractivity contribution is 6.01. The number of oxazole rings is 1. The Morgan fingerprint density at radius 3 is 2.85 bits per heavy atom. The predicted octanol–water partition coefficient (Wildman–Crippen LogP) is 2.05. The third-order valence-corrected chi connectivity index (χ3v) is 2.52. The van der Waals surface area contributed by atoms with Crippen molar-refractivity contribution in [2.45, 2.75) is 19.8 Å². The lowest BCUT2D eigenvalue weighted by Crippen LogP contribution is -2.24. The number of rotatable bonds is 6. The van der Waals surface area contributed by atoms with Gasteiger partial charge in [0.15, 0.2) is 11.5 Å². The summed E-state index contributed by atoms with van der Waals surface area (Å²) >= 11 is 0. The van der Waals surface area contributed by atoms with Crippen LogP contribution in [0.2, 0.25) is 0 Å². The molecule has 0 aliphatic heterocycles. The number of nitrogens with zero attached hydrogens (tertiary/aromatic N) is 1. The lowest BCUT2D eigenvalue weighted by molar-refractivity contribution is 0.0946. The monoisotopic (exact) mass is 277 g/mol.